The Morgan fingerprint density at radius 1 is 0.849 bits per heavy atom. The van der Waals surface area contributed by atoms with Gasteiger partial charge in [0.25, 0.3) is 5.56 Å². The first-order chi connectivity index (χ1) is 25.5. The SMILES string of the molecule is NCCCC[C@H](NC(=O)OCC1c2ccccc2-c2ccccc21)C(=O)N[C@@H](CCCCNC(=O)CCC(=O)OCn1cc(F)c(=O)[nH]c1=O)C(N)=O. The molecule has 1 aliphatic carbocycles. The summed E-state index contributed by atoms with van der Waals surface area (Å²) in [6, 6.07) is 13.8. The predicted molar refractivity (Wildman–Crippen MR) is 189 cm³/mol. The van der Waals surface area contributed by atoms with Crippen molar-refractivity contribution in [3.05, 3.63) is 92.5 Å². The van der Waals surface area contributed by atoms with E-state index in [-0.39, 0.29) is 44.8 Å². The standard InChI is InChI=1S/C36H44FN7O9/c37-27-19-44(35(50)43-33(27)48)21-53-31(46)16-15-30(45)40-18-8-6-13-28(32(39)47)41-34(49)29(14-5-7-17-38)42-36(51)52-20-26-24-11-3-1-9-22(24)23-10-2-4-12-25(23)26/h1-4,9-12,19,26,28-29H,5-8,13-18,20-21,38H2,(H2,39,47)(H,40,45)(H,41,49)(H,42,51)(H,43,48,50)/t28-,29-/m0/s1. The third-order valence-corrected chi connectivity index (χ3v) is 8.69. The lowest BCUT2D eigenvalue weighted by atomic mass is 9.98. The molecule has 0 saturated carbocycles. The van der Waals surface area contributed by atoms with Gasteiger partial charge in [0, 0.05) is 18.9 Å². The molecule has 2 atom stereocenters. The van der Waals surface area contributed by atoms with Gasteiger partial charge in [-0.3, -0.25) is 33.5 Å². The fraction of sp³-hybridized carbons (Fsp3) is 0.417. The van der Waals surface area contributed by atoms with Crippen LogP contribution in [0.1, 0.15) is 68.4 Å². The number of benzene rings is 2. The van der Waals surface area contributed by atoms with Crippen LogP contribution in [0.5, 0.6) is 0 Å². The van der Waals surface area contributed by atoms with Crippen molar-refractivity contribution >= 4 is 29.8 Å². The average Bonchev–Trinajstić information content (AvgIpc) is 3.46. The van der Waals surface area contributed by atoms with Crippen molar-refractivity contribution < 1.29 is 37.8 Å². The normalized spacial score (nSPS) is 12.9. The molecular formula is C36H44FN7O9. The molecule has 0 fully saturated rings. The Labute approximate surface area is 303 Å². The Morgan fingerprint density at radius 3 is 2.15 bits per heavy atom. The van der Waals surface area contributed by atoms with E-state index < -0.39 is 65.7 Å². The Morgan fingerprint density at radius 2 is 1.49 bits per heavy atom. The quantitative estimate of drug-likeness (QED) is 0.0716. The van der Waals surface area contributed by atoms with Crippen LogP contribution in [0, 0.1) is 5.82 Å². The maximum Gasteiger partial charge on any atom is 0.407 e. The Kier molecular flexibility index (Phi) is 14.8. The van der Waals surface area contributed by atoms with Crippen molar-refractivity contribution in [1.29, 1.82) is 0 Å². The van der Waals surface area contributed by atoms with Gasteiger partial charge in [-0.05, 0) is 67.3 Å². The van der Waals surface area contributed by atoms with E-state index >= 15 is 0 Å². The molecular weight excluding hydrogens is 693 g/mol. The lowest BCUT2D eigenvalue weighted by Gasteiger charge is -2.22. The van der Waals surface area contributed by atoms with Gasteiger partial charge in [0.05, 0.1) is 12.6 Å². The molecule has 4 amide bonds. The van der Waals surface area contributed by atoms with Crippen molar-refractivity contribution in [1.82, 2.24) is 25.5 Å². The van der Waals surface area contributed by atoms with Gasteiger partial charge in [0.1, 0.15) is 18.7 Å². The molecule has 0 saturated heterocycles. The van der Waals surface area contributed by atoms with E-state index in [1.807, 2.05) is 48.5 Å². The van der Waals surface area contributed by atoms with Crippen LogP contribution in [0.15, 0.2) is 64.3 Å². The summed E-state index contributed by atoms with van der Waals surface area (Å²) >= 11 is 0. The highest BCUT2D eigenvalue weighted by Gasteiger charge is 2.30. The maximum atomic E-state index is 13.3. The van der Waals surface area contributed by atoms with Gasteiger partial charge in [-0.2, -0.15) is 4.39 Å². The number of hydrogen-bond donors (Lipinski definition) is 6. The number of nitrogens with one attached hydrogen (secondary N) is 4. The van der Waals surface area contributed by atoms with Crippen LogP contribution in [-0.4, -0.2) is 71.1 Å². The van der Waals surface area contributed by atoms with Crippen molar-refractivity contribution in [3.63, 3.8) is 0 Å². The second-order valence-electron chi connectivity index (χ2n) is 12.5. The van der Waals surface area contributed by atoms with E-state index in [9.17, 15) is 38.0 Å². The van der Waals surface area contributed by atoms with Gasteiger partial charge >= 0.3 is 17.8 Å². The van der Waals surface area contributed by atoms with Crippen molar-refractivity contribution in [2.24, 2.45) is 11.5 Å². The molecule has 16 nitrogen and oxygen atoms in total. The van der Waals surface area contributed by atoms with E-state index in [0.717, 1.165) is 22.3 Å². The highest BCUT2D eigenvalue weighted by atomic mass is 19.1. The molecule has 1 aromatic heterocycles. The van der Waals surface area contributed by atoms with Crippen LogP contribution >= 0.6 is 0 Å². The number of esters is 1. The molecule has 0 aliphatic heterocycles. The number of rotatable bonds is 20. The summed E-state index contributed by atoms with van der Waals surface area (Å²) in [5, 5.41) is 7.88. The van der Waals surface area contributed by atoms with Gasteiger partial charge in [0.15, 0.2) is 6.73 Å². The summed E-state index contributed by atoms with van der Waals surface area (Å²) < 4.78 is 24.5. The van der Waals surface area contributed by atoms with Crippen LogP contribution < -0.4 is 38.7 Å². The van der Waals surface area contributed by atoms with Gasteiger partial charge in [-0.25, -0.2) is 9.59 Å². The molecule has 53 heavy (non-hydrogen) atoms. The van der Waals surface area contributed by atoms with Crippen molar-refractivity contribution in [2.45, 2.75) is 76.1 Å². The number of nitrogens with two attached hydrogens (primary N) is 2. The fourth-order valence-corrected chi connectivity index (χ4v) is 5.90. The number of primary amides is 1. The highest BCUT2D eigenvalue weighted by molar-refractivity contribution is 5.90. The van der Waals surface area contributed by atoms with E-state index in [0.29, 0.717) is 43.0 Å². The lowest BCUT2D eigenvalue weighted by molar-refractivity contribution is -0.148. The summed E-state index contributed by atoms with van der Waals surface area (Å²) in [4.78, 5) is 87.0. The number of aromatic amines is 1. The molecule has 2 aromatic carbocycles. The molecule has 284 valence electrons. The molecule has 0 bridgehead atoms. The number of carbonyl (C=O) groups excluding carboxylic acids is 5. The molecule has 0 radical (unpaired) electrons. The number of halogens is 1. The molecule has 1 heterocycles. The zero-order valence-corrected chi connectivity index (χ0v) is 29.1. The lowest BCUT2D eigenvalue weighted by Crippen LogP contribution is -2.53. The monoisotopic (exact) mass is 737 g/mol. The Hall–Kier alpha value is -5.84. The average molecular weight is 738 g/mol. The van der Waals surface area contributed by atoms with Gasteiger partial charge in [-0.15, -0.1) is 0 Å². The first-order valence-electron chi connectivity index (χ1n) is 17.3. The number of H-pyrrole nitrogens is 1. The number of amides is 4. The minimum atomic E-state index is -1.23. The second-order valence-corrected chi connectivity index (χ2v) is 12.5. The molecule has 8 N–H and O–H groups in total. The molecule has 3 aromatic rings. The predicted octanol–water partition coefficient (Wildman–Crippen LogP) is 1.25. The zero-order chi connectivity index (χ0) is 38.3. The topological polar surface area (TPSA) is 247 Å². The number of nitrogens with zero attached hydrogens (tertiary/aromatic N) is 1. The second kappa shape index (κ2) is 19.7. The summed E-state index contributed by atoms with van der Waals surface area (Å²) in [6.45, 7) is 0.00619. The van der Waals surface area contributed by atoms with Crippen LogP contribution in [0.25, 0.3) is 11.1 Å². The molecule has 0 unspecified atom stereocenters. The third-order valence-electron chi connectivity index (χ3n) is 8.69. The summed E-state index contributed by atoms with van der Waals surface area (Å²) in [6.07, 6.45) is 1.63. The van der Waals surface area contributed by atoms with Gasteiger partial charge in [0.2, 0.25) is 23.5 Å². The summed E-state index contributed by atoms with van der Waals surface area (Å²) in [5.74, 6) is -4.05. The number of carbonyl (C=O) groups is 5. The first kappa shape index (κ1) is 39.9. The van der Waals surface area contributed by atoms with E-state index in [2.05, 4.69) is 16.0 Å². The van der Waals surface area contributed by atoms with E-state index in [1.165, 1.54) is 0 Å². The fourth-order valence-electron chi connectivity index (χ4n) is 5.90. The molecule has 4 rings (SSSR count). The number of hydrogen-bond acceptors (Lipinski definition) is 10. The minimum absolute atomic E-state index is 0.0601. The largest absolute Gasteiger partial charge is 0.449 e. The van der Waals surface area contributed by atoms with Gasteiger partial charge < -0.3 is 36.9 Å². The number of aromatic nitrogens is 2. The smallest absolute Gasteiger partial charge is 0.407 e. The van der Waals surface area contributed by atoms with Crippen LogP contribution in [0.2, 0.25) is 0 Å². The summed E-state index contributed by atoms with van der Waals surface area (Å²) in [5.41, 5.74) is 13.3. The maximum absolute atomic E-state index is 13.3. The third kappa shape index (κ3) is 11.6. The van der Waals surface area contributed by atoms with E-state index in [1.54, 1.807) is 4.98 Å². The van der Waals surface area contributed by atoms with E-state index in [4.69, 9.17) is 20.9 Å². The van der Waals surface area contributed by atoms with Crippen molar-refractivity contribution in [3.8, 4) is 11.1 Å². The Balaban J connectivity index is 1.19. The van der Waals surface area contributed by atoms with Gasteiger partial charge in [-0.1, -0.05) is 48.5 Å². The van der Waals surface area contributed by atoms with Crippen LogP contribution in [0.4, 0.5) is 9.18 Å². The zero-order valence-electron chi connectivity index (χ0n) is 29.1. The molecule has 17 heteroatoms. The highest BCUT2D eigenvalue weighted by Crippen LogP contribution is 2.44. The number of alkyl carbamates (subject to hydrolysis) is 1. The van der Waals surface area contributed by atoms with Crippen LogP contribution in [0.3, 0.4) is 0 Å². The van der Waals surface area contributed by atoms with Crippen LogP contribution in [-0.2, 0) is 35.4 Å². The molecule has 0 spiro atoms. The minimum Gasteiger partial charge on any atom is -0.449 e. The number of unbranched alkanes of at least 4 members (excludes halogenated alkanes) is 2. The first-order valence-corrected chi connectivity index (χ1v) is 17.3. The summed E-state index contributed by atoms with van der Waals surface area (Å²) in [7, 11) is 0. The number of fused-ring (bicyclic) bond motifs is 3. The Bertz CT molecular complexity index is 1850. The van der Waals surface area contributed by atoms with Crippen molar-refractivity contribution in [2.75, 3.05) is 19.7 Å². The molecule has 1 aliphatic rings. The number of ether oxygens (including phenoxy) is 2.